The lowest BCUT2D eigenvalue weighted by molar-refractivity contribution is -0.131. The Hall–Kier alpha value is -1.10. The van der Waals surface area contributed by atoms with Gasteiger partial charge in [0.15, 0.2) is 0 Å². The summed E-state index contributed by atoms with van der Waals surface area (Å²) >= 11 is 0. The Labute approximate surface area is 123 Å². The molecule has 0 aliphatic rings. The van der Waals surface area contributed by atoms with Gasteiger partial charge in [-0.25, -0.2) is 0 Å². The maximum absolute atomic E-state index is 12.2. The summed E-state index contributed by atoms with van der Waals surface area (Å²) in [6, 6.07) is -0.559. The van der Waals surface area contributed by atoms with E-state index in [2.05, 4.69) is 31.4 Å². The van der Waals surface area contributed by atoms with Gasteiger partial charge >= 0.3 is 0 Å². The smallest absolute Gasteiger partial charge is 0.242 e. The average Bonchev–Trinajstić information content (AvgIpc) is 2.21. The second-order valence-electron chi connectivity index (χ2n) is 7.67. The fourth-order valence-corrected chi connectivity index (χ4v) is 1.90. The van der Waals surface area contributed by atoms with Gasteiger partial charge in [0.05, 0.1) is 5.92 Å². The summed E-state index contributed by atoms with van der Waals surface area (Å²) in [5, 5.41) is 5.59. The number of nitrogens with one attached hydrogen (secondary N) is 2. The zero-order valence-electron chi connectivity index (χ0n) is 14.0. The second-order valence-corrected chi connectivity index (χ2v) is 7.67. The molecule has 0 aromatic carbocycles. The summed E-state index contributed by atoms with van der Waals surface area (Å²) in [6.45, 7) is 13.9. The average molecular weight is 285 g/mol. The molecule has 0 aliphatic carbocycles. The summed E-state index contributed by atoms with van der Waals surface area (Å²) in [5.41, 5.74) is 5.39. The molecular weight excluding hydrogens is 254 g/mol. The molecule has 20 heavy (non-hydrogen) atoms. The molecule has 4 N–H and O–H groups in total. The fourth-order valence-electron chi connectivity index (χ4n) is 1.90. The Morgan fingerprint density at radius 2 is 1.55 bits per heavy atom. The number of nitrogens with two attached hydrogens (primary N) is 1. The third kappa shape index (κ3) is 8.15. The maximum Gasteiger partial charge on any atom is 0.242 e. The summed E-state index contributed by atoms with van der Waals surface area (Å²) in [6.07, 6.45) is 0.697. The monoisotopic (exact) mass is 285 g/mol. The van der Waals surface area contributed by atoms with Crippen LogP contribution in [0.4, 0.5) is 0 Å². The zero-order valence-corrected chi connectivity index (χ0v) is 14.0. The van der Waals surface area contributed by atoms with Gasteiger partial charge in [0, 0.05) is 12.1 Å². The summed E-state index contributed by atoms with van der Waals surface area (Å²) in [5.74, 6) is -0.601. The summed E-state index contributed by atoms with van der Waals surface area (Å²) < 4.78 is 0. The first kappa shape index (κ1) is 18.9. The van der Waals surface area contributed by atoms with E-state index in [1.54, 1.807) is 6.92 Å². The predicted molar refractivity (Wildman–Crippen MR) is 82.1 cm³/mol. The minimum Gasteiger partial charge on any atom is -0.350 e. The topological polar surface area (TPSA) is 84.2 Å². The molecule has 0 rings (SSSR count). The fraction of sp³-hybridized carbons (Fsp3) is 0.867. The van der Waals surface area contributed by atoms with Crippen molar-refractivity contribution in [3.05, 3.63) is 0 Å². The Morgan fingerprint density at radius 3 is 1.90 bits per heavy atom. The lowest BCUT2D eigenvalue weighted by atomic mass is 9.84. The van der Waals surface area contributed by atoms with E-state index in [4.69, 9.17) is 5.73 Å². The van der Waals surface area contributed by atoms with Crippen LogP contribution in [0.25, 0.3) is 0 Å². The van der Waals surface area contributed by atoms with Gasteiger partial charge in [-0.2, -0.15) is 0 Å². The molecule has 0 aromatic rings. The quantitative estimate of drug-likeness (QED) is 0.714. The standard InChI is InChI=1S/C15H31N3O2/c1-10(12(19)18-15(5,6)7)17-13(20)11(9-16)8-14(2,3)4/h10-11H,8-9,16H2,1-7H3,(H,17,20)(H,18,19). The van der Waals surface area contributed by atoms with Gasteiger partial charge in [-0.15, -0.1) is 0 Å². The molecule has 2 atom stereocenters. The summed E-state index contributed by atoms with van der Waals surface area (Å²) in [7, 11) is 0. The van der Waals surface area contributed by atoms with Crippen LogP contribution < -0.4 is 16.4 Å². The molecular formula is C15H31N3O2. The number of amides is 2. The van der Waals surface area contributed by atoms with Crippen molar-refractivity contribution in [2.45, 2.75) is 66.5 Å². The minimum absolute atomic E-state index is 0.0261. The van der Waals surface area contributed by atoms with Gasteiger partial charge in [0.2, 0.25) is 11.8 Å². The Bertz CT molecular complexity index is 340. The molecule has 0 fully saturated rings. The highest BCUT2D eigenvalue weighted by Gasteiger charge is 2.27. The van der Waals surface area contributed by atoms with Crippen LogP contribution in [0.2, 0.25) is 0 Å². The molecule has 0 saturated carbocycles. The van der Waals surface area contributed by atoms with Gasteiger partial charge in [-0.1, -0.05) is 20.8 Å². The number of rotatable bonds is 5. The maximum atomic E-state index is 12.2. The highest BCUT2D eigenvalue weighted by atomic mass is 16.2. The molecule has 118 valence electrons. The Balaban J connectivity index is 4.53. The van der Waals surface area contributed by atoms with Crippen molar-refractivity contribution < 1.29 is 9.59 Å². The molecule has 5 nitrogen and oxygen atoms in total. The van der Waals surface area contributed by atoms with Crippen LogP contribution in [0.15, 0.2) is 0 Å². The number of carbonyl (C=O) groups excluding carboxylic acids is 2. The van der Waals surface area contributed by atoms with E-state index in [0.717, 1.165) is 0 Å². The largest absolute Gasteiger partial charge is 0.350 e. The normalized spacial score (nSPS) is 15.4. The molecule has 0 heterocycles. The molecule has 0 aromatic heterocycles. The van der Waals surface area contributed by atoms with E-state index >= 15 is 0 Å². The van der Waals surface area contributed by atoms with Gasteiger partial charge in [-0.05, 0) is 39.5 Å². The summed E-state index contributed by atoms with van der Waals surface area (Å²) in [4.78, 5) is 24.1. The molecule has 2 unspecified atom stereocenters. The van der Waals surface area contributed by atoms with Crippen molar-refractivity contribution in [3.8, 4) is 0 Å². The van der Waals surface area contributed by atoms with Crippen molar-refractivity contribution in [1.29, 1.82) is 0 Å². The van der Waals surface area contributed by atoms with Crippen LogP contribution in [0.5, 0.6) is 0 Å². The van der Waals surface area contributed by atoms with E-state index < -0.39 is 6.04 Å². The zero-order chi connectivity index (χ0) is 16.1. The molecule has 0 saturated heterocycles. The van der Waals surface area contributed by atoms with Gasteiger partial charge < -0.3 is 16.4 Å². The highest BCUT2D eigenvalue weighted by Crippen LogP contribution is 2.24. The highest BCUT2D eigenvalue weighted by molar-refractivity contribution is 5.88. The number of hydrogen-bond donors (Lipinski definition) is 3. The third-order valence-corrected chi connectivity index (χ3v) is 2.76. The molecule has 5 heteroatoms. The molecule has 0 spiro atoms. The first-order chi connectivity index (χ1) is 8.85. The Kier molecular flexibility index (Phi) is 6.68. The number of carbonyl (C=O) groups is 2. The second kappa shape index (κ2) is 7.07. The van der Waals surface area contributed by atoms with Gasteiger partial charge in [0.1, 0.15) is 6.04 Å². The molecule has 0 bridgehead atoms. The minimum atomic E-state index is -0.559. The van der Waals surface area contributed by atoms with Gasteiger partial charge in [0.25, 0.3) is 0 Å². The SMILES string of the molecule is CC(NC(=O)C(CN)CC(C)(C)C)C(=O)NC(C)(C)C. The lowest BCUT2D eigenvalue weighted by Gasteiger charge is -2.27. The van der Waals surface area contributed by atoms with Crippen LogP contribution in [0, 0.1) is 11.3 Å². The third-order valence-electron chi connectivity index (χ3n) is 2.76. The van der Waals surface area contributed by atoms with Crippen molar-refractivity contribution in [2.24, 2.45) is 17.1 Å². The van der Waals surface area contributed by atoms with Crippen LogP contribution >= 0.6 is 0 Å². The van der Waals surface area contributed by atoms with Gasteiger partial charge in [-0.3, -0.25) is 9.59 Å². The van der Waals surface area contributed by atoms with Crippen molar-refractivity contribution >= 4 is 11.8 Å². The first-order valence-electron chi connectivity index (χ1n) is 7.18. The first-order valence-corrected chi connectivity index (χ1v) is 7.18. The van der Waals surface area contributed by atoms with E-state index in [1.165, 1.54) is 0 Å². The van der Waals surface area contributed by atoms with E-state index in [0.29, 0.717) is 6.42 Å². The molecule has 2 amide bonds. The predicted octanol–water partition coefficient (Wildman–Crippen LogP) is 1.42. The van der Waals surface area contributed by atoms with Crippen LogP contribution in [-0.2, 0) is 9.59 Å². The van der Waals surface area contributed by atoms with E-state index in [-0.39, 0.29) is 35.2 Å². The molecule has 0 radical (unpaired) electrons. The van der Waals surface area contributed by atoms with Crippen molar-refractivity contribution in [3.63, 3.8) is 0 Å². The van der Waals surface area contributed by atoms with Crippen LogP contribution in [-0.4, -0.2) is 29.9 Å². The Morgan fingerprint density at radius 1 is 1.05 bits per heavy atom. The van der Waals surface area contributed by atoms with Crippen LogP contribution in [0.3, 0.4) is 0 Å². The van der Waals surface area contributed by atoms with Crippen LogP contribution in [0.1, 0.15) is 54.9 Å². The van der Waals surface area contributed by atoms with Crippen molar-refractivity contribution in [2.75, 3.05) is 6.54 Å². The van der Waals surface area contributed by atoms with E-state index in [9.17, 15) is 9.59 Å². The molecule has 0 aliphatic heterocycles. The van der Waals surface area contributed by atoms with E-state index in [1.807, 2.05) is 20.8 Å². The van der Waals surface area contributed by atoms with Crippen molar-refractivity contribution in [1.82, 2.24) is 10.6 Å². The number of hydrogen-bond acceptors (Lipinski definition) is 3. The lowest BCUT2D eigenvalue weighted by Crippen LogP contribution is -2.52.